The summed E-state index contributed by atoms with van der Waals surface area (Å²) in [5.74, 6) is 0.364. The molecule has 0 unspecified atom stereocenters. The van der Waals surface area contributed by atoms with Crippen LogP contribution < -0.4 is 0 Å². The highest BCUT2D eigenvalue weighted by Crippen LogP contribution is 2.09. The van der Waals surface area contributed by atoms with Gasteiger partial charge in [0, 0.05) is 32.6 Å². The van der Waals surface area contributed by atoms with Crippen molar-refractivity contribution < 1.29 is 14.0 Å². The van der Waals surface area contributed by atoms with E-state index in [0.717, 1.165) is 0 Å². The van der Waals surface area contributed by atoms with Crippen molar-refractivity contribution in [3.8, 4) is 0 Å². The van der Waals surface area contributed by atoms with E-state index < -0.39 is 0 Å². The maximum Gasteiger partial charge on any atom is 0.257 e. The Morgan fingerprint density at radius 2 is 1.86 bits per heavy atom. The molecule has 0 N–H and O–H groups in total. The Labute approximate surface area is 126 Å². The topological polar surface area (TPSA) is 53.8 Å². The van der Waals surface area contributed by atoms with Crippen LogP contribution in [0.3, 0.4) is 0 Å². The van der Waals surface area contributed by atoms with E-state index in [1.807, 2.05) is 13.8 Å². The summed E-state index contributed by atoms with van der Waals surface area (Å²) in [7, 11) is 0. The fourth-order valence-corrected chi connectivity index (χ4v) is 2.25. The molecule has 118 valence electrons. The average molecular weight is 294 g/mol. The van der Waals surface area contributed by atoms with E-state index in [2.05, 4.69) is 13.8 Å². The number of amides is 2. The molecule has 0 radical (unpaired) electrons. The zero-order valence-electron chi connectivity index (χ0n) is 13.5. The number of furan rings is 1. The van der Waals surface area contributed by atoms with Crippen molar-refractivity contribution in [2.45, 2.75) is 34.1 Å². The molecule has 0 aliphatic rings. The van der Waals surface area contributed by atoms with Gasteiger partial charge in [-0.3, -0.25) is 9.59 Å². The van der Waals surface area contributed by atoms with Gasteiger partial charge in [0.15, 0.2) is 0 Å². The summed E-state index contributed by atoms with van der Waals surface area (Å²) >= 11 is 0. The molecule has 1 aromatic heterocycles. The van der Waals surface area contributed by atoms with Gasteiger partial charge in [-0.15, -0.1) is 0 Å². The first-order valence-corrected chi connectivity index (χ1v) is 7.58. The molecule has 5 heteroatoms. The van der Waals surface area contributed by atoms with Crippen molar-refractivity contribution >= 4 is 11.8 Å². The molecule has 1 rings (SSSR count). The highest BCUT2D eigenvalue weighted by molar-refractivity contribution is 5.94. The van der Waals surface area contributed by atoms with Crippen LogP contribution in [0.25, 0.3) is 0 Å². The van der Waals surface area contributed by atoms with E-state index in [1.165, 1.54) is 12.5 Å². The largest absolute Gasteiger partial charge is 0.472 e. The molecule has 1 aromatic rings. The fraction of sp³-hybridized carbons (Fsp3) is 0.625. The lowest BCUT2D eigenvalue weighted by atomic mass is 10.1. The van der Waals surface area contributed by atoms with Gasteiger partial charge < -0.3 is 14.2 Å². The third-order valence-corrected chi connectivity index (χ3v) is 3.35. The van der Waals surface area contributed by atoms with Crippen LogP contribution in [0.4, 0.5) is 0 Å². The molecular weight excluding hydrogens is 268 g/mol. The second-order valence-corrected chi connectivity index (χ2v) is 5.47. The van der Waals surface area contributed by atoms with Gasteiger partial charge in [-0.05, 0) is 25.8 Å². The zero-order chi connectivity index (χ0) is 15.8. The Morgan fingerprint density at radius 3 is 2.33 bits per heavy atom. The Morgan fingerprint density at radius 1 is 1.19 bits per heavy atom. The van der Waals surface area contributed by atoms with Crippen LogP contribution in [0, 0.1) is 5.92 Å². The number of nitrogens with zero attached hydrogens (tertiary/aromatic N) is 2. The van der Waals surface area contributed by atoms with Crippen molar-refractivity contribution in [1.82, 2.24) is 9.80 Å². The monoisotopic (exact) mass is 294 g/mol. The zero-order valence-corrected chi connectivity index (χ0v) is 13.5. The first kappa shape index (κ1) is 17.3. The third kappa shape index (κ3) is 5.25. The van der Waals surface area contributed by atoms with Gasteiger partial charge >= 0.3 is 0 Å². The van der Waals surface area contributed by atoms with Crippen LogP contribution in [0.15, 0.2) is 23.0 Å². The fourth-order valence-electron chi connectivity index (χ4n) is 2.25. The lowest BCUT2D eigenvalue weighted by Gasteiger charge is -2.25. The van der Waals surface area contributed by atoms with Crippen molar-refractivity contribution in [2.24, 2.45) is 5.92 Å². The summed E-state index contributed by atoms with van der Waals surface area (Å²) in [5.41, 5.74) is 0.533. The first-order valence-electron chi connectivity index (χ1n) is 7.58. The van der Waals surface area contributed by atoms with E-state index in [9.17, 15) is 9.59 Å². The number of hydrogen-bond acceptors (Lipinski definition) is 3. The summed E-state index contributed by atoms with van der Waals surface area (Å²) in [6.07, 6.45) is 3.29. The van der Waals surface area contributed by atoms with E-state index in [4.69, 9.17) is 4.42 Å². The molecule has 21 heavy (non-hydrogen) atoms. The molecule has 0 aromatic carbocycles. The third-order valence-electron chi connectivity index (χ3n) is 3.35. The minimum atomic E-state index is -0.0789. The molecule has 0 atom stereocenters. The molecule has 0 spiro atoms. The maximum atomic E-state index is 12.4. The van der Waals surface area contributed by atoms with Gasteiger partial charge in [-0.1, -0.05) is 13.8 Å². The predicted molar refractivity (Wildman–Crippen MR) is 82.0 cm³/mol. The standard InChI is InChI=1S/C16H26N2O3/c1-5-17(6-2)15(19)7-9-18(11-13(3)4)16(20)14-8-10-21-12-14/h8,10,12-13H,5-7,9,11H2,1-4H3. The summed E-state index contributed by atoms with van der Waals surface area (Å²) in [5, 5.41) is 0. The lowest BCUT2D eigenvalue weighted by molar-refractivity contribution is -0.131. The quantitative estimate of drug-likeness (QED) is 0.740. The number of hydrogen-bond donors (Lipinski definition) is 0. The van der Waals surface area contributed by atoms with Crippen LogP contribution in [0.2, 0.25) is 0 Å². The van der Waals surface area contributed by atoms with E-state index in [1.54, 1.807) is 15.9 Å². The van der Waals surface area contributed by atoms with E-state index in [-0.39, 0.29) is 11.8 Å². The van der Waals surface area contributed by atoms with E-state index >= 15 is 0 Å². The van der Waals surface area contributed by atoms with Crippen LogP contribution in [0.5, 0.6) is 0 Å². The Balaban J connectivity index is 2.66. The molecule has 0 aliphatic carbocycles. The maximum absolute atomic E-state index is 12.4. The smallest absolute Gasteiger partial charge is 0.257 e. The molecule has 0 saturated carbocycles. The van der Waals surface area contributed by atoms with Crippen LogP contribution in [0.1, 0.15) is 44.5 Å². The molecule has 0 aliphatic heterocycles. The Hall–Kier alpha value is -1.78. The number of rotatable bonds is 8. The summed E-state index contributed by atoms with van der Waals surface area (Å²) < 4.78 is 4.97. The van der Waals surface area contributed by atoms with Gasteiger partial charge in [0.25, 0.3) is 5.91 Å². The van der Waals surface area contributed by atoms with Gasteiger partial charge in [-0.2, -0.15) is 0 Å². The van der Waals surface area contributed by atoms with E-state index in [0.29, 0.717) is 44.1 Å². The number of carbonyl (C=O) groups is 2. The first-order chi connectivity index (χ1) is 9.99. The minimum Gasteiger partial charge on any atom is -0.472 e. The molecule has 0 bridgehead atoms. The van der Waals surface area contributed by atoms with Crippen LogP contribution >= 0.6 is 0 Å². The Kier molecular flexibility index (Phi) is 6.99. The minimum absolute atomic E-state index is 0.0789. The second-order valence-electron chi connectivity index (χ2n) is 5.47. The Bertz CT molecular complexity index is 436. The highest BCUT2D eigenvalue weighted by Gasteiger charge is 2.20. The summed E-state index contributed by atoms with van der Waals surface area (Å²) in [6.45, 7) is 10.5. The molecular formula is C16H26N2O3. The van der Waals surface area contributed by atoms with Gasteiger partial charge in [-0.25, -0.2) is 0 Å². The molecule has 5 nitrogen and oxygen atoms in total. The molecule has 2 amide bonds. The van der Waals surface area contributed by atoms with Gasteiger partial charge in [0.2, 0.25) is 5.91 Å². The lowest BCUT2D eigenvalue weighted by Crippen LogP contribution is -2.38. The van der Waals surface area contributed by atoms with Crippen molar-refractivity contribution in [1.29, 1.82) is 0 Å². The molecule has 1 heterocycles. The van der Waals surface area contributed by atoms with Crippen molar-refractivity contribution in [2.75, 3.05) is 26.2 Å². The predicted octanol–water partition coefficient (Wildman–Crippen LogP) is 2.64. The summed E-state index contributed by atoms with van der Waals surface area (Å²) in [6, 6.07) is 1.65. The van der Waals surface area contributed by atoms with Crippen LogP contribution in [-0.4, -0.2) is 47.8 Å². The number of carbonyl (C=O) groups excluding carboxylic acids is 2. The summed E-state index contributed by atoms with van der Waals surface area (Å²) in [4.78, 5) is 28.0. The highest BCUT2D eigenvalue weighted by atomic mass is 16.3. The molecule has 0 fully saturated rings. The van der Waals surface area contributed by atoms with Gasteiger partial charge in [0.05, 0.1) is 11.8 Å². The van der Waals surface area contributed by atoms with Crippen LogP contribution in [-0.2, 0) is 4.79 Å². The van der Waals surface area contributed by atoms with Gasteiger partial charge in [0.1, 0.15) is 6.26 Å². The normalized spacial score (nSPS) is 10.7. The average Bonchev–Trinajstić information content (AvgIpc) is 2.97. The SMILES string of the molecule is CCN(CC)C(=O)CCN(CC(C)C)C(=O)c1ccoc1. The second kappa shape index (κ2) is 8.49. The van der Waals surface area contributed by atoms with Crippen molar-refractivity contribution in [3.05, 3.63) is 24.2 Å². The molecule has 0 saturated heterocycles. The van der Waals surface area contributed by atoms with Crippen molar-refractivity contribution in [3.63, 3.8) is 0 Å².